The maximum absolute atomic E-state index is 10.1. The second kappa shape index (κ2) is 11.0. The fourth-order valence-electron chi connectivity index (χ4n) is 1.68. The van der Waals surface area contributed by atoms with Crippen LogP contribution in [0, 0.1) is 0 Å². The highest BCUT2D eigenvalue weighted by Crippen LogP contribution is 2.29. The Labute approximate surface area is 146 Å². The first-order valence-electron chi connectivity index (χ1n) is 6.92. The normalized spacial score (nSPS) is 11.1. The van der Waals surface area contributed by atoms with E-state index in [1.54, 1.807) is 54.9 Å². The summed E-state index contributed by atoms with van der Waals surface area (Å²) >= 11 is 11.8. The monoisotopic (exact) mass is 351 g/mol. The molecule has 0 saturated carbocycles. The van der Waals surface area contributed by atoms with E-state index in [-0.39, 0.29) is 0 Å². The number of hydrogen-bond donors (Lipinski definition) is 1. The van der Waals surface area contributed by atoms with Crippen LogP contribution in [-0.2, 0) is 4.74 Å². The van der Waals surface area contributed by atoms with Crippen molar-refractivity contribution in [1.82, 2.24) is 4.98 Å². The zero-order valence-corrected chi connectivity index (χ0v) is 14.2. The molecule has 122 valence electrons. The van der Waals surface area contributed by atoms with E-state index < -0.39 is 6.10 Å². The molecule has 0 bridgehead atoms. The topological polar surface area (TPSA) is 42.4 Å². The highest BCUT2D eigenvalue weighted by molar-refractivity contribution is 6.35. The lowest BCUT2D eigenvalue weighted by Crippen LogP contribution is -2.00. The van der Waals surface area contributed by atoms with Crippen LogP contribution in [0.15, 0.2) is 68.0 Å². The van der Waals surface area contributed by atoms with Gasteiger partial charge in [-0.2, -0.15) is 0 Å². The van der Waals surface area contributed by atoms with Crippen molar-refractivity contribution in [2.45, 2.75) is 6.10 Å². The molecule has 1 unspecified atom stereocenters. The fourth-order valence-corrected chi connectivity index (χ4v) is 2.19. The molecule has 0 radical (unpaired) electrons. The number of hydrogen-bond acceptors (Lipinski definition) is 3. The number of aliphatic hydroxyl groups excluding tert-OH is 1. The van der Waals surface area contributed by atoms with Crippen LogP contribution in [0.4, 0.5) is 0 Å². The average molecular weight is 352 g/mol. The summed E-state index contributed by atoms with van der Waals surface area (Å²) in [5, 5.41) is 11.1. The van der Waals surface area contributed by atoms with Crippen LogP contribution in [0.25, 0.3) is 0 Å². The smallest absolute Gasteiger partial charge is 0.107 e. The zero-order valence-electron chi connectivity index (χ0n) is 12.7. The Morgan fingerprint density at radius 1 is 1.17 bits per heavy atom. The number of pyridine rings is 1. The van der Waals surface area contributed by atoms with Gasteiger partial charge >= 0.3 is 0 Å². The van der Waals surface area contributed by atoms with Crippen LogP contribution in [0.3, 0.4) is 0 Å². The summed E-state index contributed by atoms with van der Waals surface area (Å²) in [5.41, 5.74) is 1.32. The zero-order chi connectivity index (χ0) is 17.1. The summed E-state index contributed by atoms with van der Waals surface area (Å²) < 4.78 is 4.90. The Morgan fingerprint density at radius 3 is 2.39 bits per heavy atom. The molecule has 1 atom stereocenters. The van der Waals surface area contributed by atoms with Gasteiger partial charge in [-0.05, 0) is 18.2 Å². The minimum absolute atomic E-state index is 0.448. The molecule has 0 amide bonds. The van der Waals surface area contributed by atoms with E-state index >= 15 is 0 Å². The number of halogens is 2. The van der Waals surface area contributed by atoms with Crippen LogP contribution < -0.4 is 0 Å². The molecule has 1 aromatic heterocycles. The summed E-state index contributed by atoms with van der Waals surface area (Å²) in [4.78, 5) is 3.95. The van der Waals surface area contributed by atoms with Gasteiger partial charge in [0.05, 0.1) is 13.2 Å². The highest BCUT2D eigenvalue weighted by Gasteiger charge is 2.13. The van der Waals surface area contributed by atoms with Gasteiger partial charge in [0.25, 0.3) is 0 Å². The molecule has 2 rings (SSSR count). The summed E-state index contributed by atoms with van der Waals surface area (Å²) in [6.07, 6.45) is 5.90. The molecule has 23 heavy (non-hydrogen) atoms. The molecule has 1 N–H and O–H groups in total. The Bertz CT molecular complexity index is 610. The minimum atomic E-state index is -0.779. The number of rotatable bonds is 6. The standard InChI is InChI=1S/C12H9Cl2NO.C6H10O/c13-9-3-4-10(11(14)6-9)12(16)8-2-1-5-15-7-8;1-3-5-7-6-4-2/h1-7,12,16H;3-4H,1-2,5-6H2. The number of ether oxygens (including phenoxy) is 1. The molecule has 5 heteroatoms. The SMILES string of the molecule is C=CCOCC=C.OC(c1cccnc1)c1ccc(Cl)cc1Cl. The first-order chi connectivity index (χ1) is 11.1. The van der Waals surface area contributed by atoms with Crippen molar-refractivity contribution in [3.8, 4) is 0 Å². The number of aromatic nitrogens is 1. The van der Waals surface area contributed by atoms with Crippen LogP contribution in [0.2, 0.25) is 10.0 Å². The summed E-state index contributed by atoms with van der Waals surface area (Å²) in [6.45, 7) is 8.18. The minimum Gasteiger partial charge on any atom is -0.384 e. The third-order valence-corrected chi connectivity index (χ3v) is 3.29. The Morgan fingerprint density at radius 2 is 1.87 bits per heavy atom. The van der Waals surface area contributed by atoms with E-state index in [9.17, 15) is 5.11 Å². The Kier molecular flexibility index (Phi) is 9.25. The average Bonchev–Trinajstić information content (AvgIpc) is 2.56. The van der Waals surface area contributed by atoms with E-state index in [4.69, 9.17) is 27.9 Å². The van der Waals surface area contributed by atoms with Crippen molar-refractivity contribution >= 4 is 23.2 Å². The highest BCUT2D eigenvalue weighted by atomic mass is 35.5. The van der Waals surface area contributed by atoms with E-state index in [0.29, 0.717) is 34.4 Å². The lowest BCUT2D eigenvalue weighted by atomic mass is 10.0. The van der Waals surface area contributed by atoms with Crippen molar-refractivity contribution in [3.05, 3.63) is 89.2 Å². The van der Waals surface area contributed by atoms with Crippen LogP contribution in [0.1, 0.15) is 17.2 Å². The Hall–Kier alpha value is -1.65. The molecule has 0 aliphatic heterocycles. The molecule has 0 fully saturated rings. The molecule has 1 aromatic carbocycles. The van der Waals surface area contributed by atoms with Gasteiger partial charge in [-0.15, -0.1) is 13.2 Å². The van der Waals surface area contributed by atoms with Crippen LogP contribution in [0.5, 0.6) is 0 Å². The molecular weight excluding hydrogens is 333 g/mol. The second-order valence-corrected chi connectivity index (χ2v) is 5.31. The van der Waals surface area contributed by atoms with Gasteiger partial charge < -0.3 is 9.84 Å². The van der Waals surface area contributed by atoms with Gasteiger partial charge in [0.1, 0.15) is 6.10 Å². The Balaban J connectivity index is 0.000000322. The van der Waals surface area contributed by atoms with Crippen molar-refractivity contribution in [2.24, 2.45) is 0 Å². The number of nitrogens with zero attached hydrogens (tertiary/aromatic N) is 1. The van der Waals surface area contributed by atoms with Gasteiger partial charge in [-0.1, -0.05) is 47.5 Å². The van der Waals surface area contributed by atoms with Gasteiger partial charge in [0, 0.05) is 33.6 Å². The van der Waals surface area contributed by atoms with Crippen molar-refractivity contribution < 1.29 is 9.84 Å². The quantitative estimate of drug-likeness (QED) is 0.597. The molecule has 0 saturated heterocycles. The van der Waals surface area contributed by atoms with Crippen LogP contribution >= 0.6 is 23.2 Å². The third-order valence-electron chi connectivity index (χ3n) is 2.73. The lowest BCUT2D eigenvalue weighted by molar-refractivity contribution is 0.194. The largest absolute Gasteiger partial charge is 0.384 e. The van der Waals surface area contributed by atoms with Gasteiger partial charge in [0.15, 0.2) is 0 Å². The molecular formula is C18H19Cl2NO2. The number of aliphatic hydroxyl groups is 1. The predicted molar refractivity (Wildman–Crippen MR) is 96.0 cm³/mol. The van der Waals surface area contributed by atoms with E-state index in [0.717, 1.165) is 0 Å². The van der Waals surface area contributed by atoms with E-state index in [1.807, 2.05) is 0 Å². The first-order valence-corrected chi connectivity index (χ1v) is 7.68. The van der Waals surface area contributed by atoms with E-state index in [2.05, 4.69) is 18.1 Å². The molecule has 1 heterocycles. The predicted octanol–water partition coefficient (Wildman–Crippen LogP) is 4.85. The summed E-state index contributed by atoms with van der Waals surface area (Å²) in [5.74, 6) is 0. The second-order valence-electron chi connectivity index (χ2n) is 4.47. The van der Waals surface area contributed by atoms with Gasteiger partial charge in [-0.3, -0.25) is 4.98 Å². The number of benzene rings is 1. The summed E-state index contributed by atoms with van der Waals surface area (Å²) in [6, 6.07) is 8.58. The van der Waals surface area contributed by atoms with Crippen molar-refractivity contribution in [1.29, 1.82) is 0 Å². The molecule has 0 aliphatic rings. The maximum Gasteiger partial charge on any atom is 0.107 e. The lowest BCUT2D eigenvalue weighted by Gasteiger charge is -2.12. The molecule has 3 nitrogen and oxygen atoms in total. The molecule has 0 spiro atoms. The van der Waals surface area contributed by atoms with Crippen LogP contribution in [-0.4, -0.2) is 23.3 Å². The van der Waals surface area contributed by atoms with Gasteiger partial charge in [-0.25, -0.2) is 0 Å². The molecule has 0 aliphatic carbocycles. The summed E-state index contributed by atoms with van der Waals surface area (Å²) in [7, 11) is 0. The third kappa shape index (κ3) is 6.97. The van der Waals surface area contributed by atoms with Gasteiger partial charge in [0.2, 0.25) is 0 Å². The van der Waals surface area contributed by atoms with Crippen molar-refractivity contribution in [2.75, 3.05) is 13.2 Å². The van der Waals surface area contributed by atoms with E-state index in [1.165, 1.54) is 0 Å². The molecule has 2 aromatic rings. The fraction of sp³-hybridized carbons (Fsp3) is 0.167. The van der Waals surface area contributed by atoms with Crippen molar-refractivity contribution in [3.63, 3.8) is 0 Å². The maximum atomic E-state index is 10.1. The first kappa shape index (κ1) is 19.4.